The first-order valence-electron chi connectivity index (χ1n) is 10.1. The maximum atomic E-state index is 12.4. The van der Waals surface area contributed by atoms with Crippen molar-refractivity contribution in [3.05, 3.63) is 53.1 Å². The van der Waals surface area contributed by atoms with Gasteiger partial charge in [-0.3, -0.25) is 4.79 Å². The van der Waals surface area contributed by atoms with Crippen molar-refractivity contribution < 1.29 is 14.3 Å². The van der Waals surface area contributed by atoms with E-state index in [1.165, 1.54) is 4.80 Å². The van der Waals surface area contributed by atoms with Gasteiger partial charge in [-0.05, 0) is 43.7 Å². The molecule has 156 valence electrons. The van der Waals surface area contributed by atoms with Crippen molar-refractivity contribution in [2.75, 3.05) is 6.61 Å². The lowest BCUT2D eigenvalue weighted by Gasteiger charge is -2.13. The van der Waals surface area contributed by atoms with Gasteiger partial charge in [0, 0.05) is 29.7 Å². The van der Waals surface area contributed by atoms with Crippen molar-refractivity contribution in [3.63, 3.8) is 0 Å². The Bertz CT molecular complexity index is 1060. The Hall–Kier alpha value is -3.42. The number of fused-ring (bicyclic) bond motifs is 1. The van der Waals surface area contributed by atoms with Crippen LogP contribution in [0.15, 0.2) is 36.4 Å². The minimum Gasteiger partial charge on any atom is -0.494 e. The Morgan fingerprint density at radius 3 is 2.97 bits per heavy atom. The molecule has 0 aliphatic carbocycles. The average Bonchev–Trinajstić information content (AvgIpc) is 3.32. The summed E-state index contributed by atoms with van der Waals surface area (Å²) in [6.45, 7) is 6.84. The highest BCUT2D eigenvalue weighted by Crippen LogP contribution is 2.35. The maximum Gasteiger partial charge on any atom is 0.243 e. The van der Waals surface area contributed by atoms with Gasteiger partial charge in [-0.1, -0.05) is 24.3 Å². The van der Waals surface area contributed by atoms with Crippen molar-refractivity contribution in [2.45, 2.75) is 46.4 Å². The van der Waals surface area contributed by atoms with Crippen molar-refractivity contribution in [3.8, 4) is 22.9 Å². The number of hydrogen-bond acceptors (Lipinski definition) is 6. The van der Waals surface area contributed by atoms with E-state index in [0.29, 0.717) is 19.0 Å². The molecule has 0 bridgehead atoms. The Morgan fingerprint density at radius 1 is 1.33 bits per heavy atom. The molecule has 1 amide bonds. The van der Waals surface area contributed by atoms with E-state index < -0.39 is 0 Å². The summed E-state index contributed by atoms with van der Waals surface area (Å²) in [5, 5.41) is 15.3. The van der Waals surface area contributed by atoms with Crippen LogP contribution < -0.4 is 14.8 Å². The molecule has 3 aromatic rings. The summed E-state index contributed by atoms with van der Waals surface area (Å²) >= 11 is 0. The first-order valence-corrected chi connectivity index (χ1v) is 10.1. The molecule has 0 spiro atoms. The lowest BCUT2D eigenvalue weighted by Crippen LogP contribution is -2.28. The van der Waals surface area contributed by atoms with Crippen LogP contribution >= 0.6 is 0 Å². The van der Waals surface area contributed by atoms with E-state index in [2.05, 4.69) is 20.7 Å². The molecule has 30 heavy (non-hydrogen) atoms. The fraction of sp³-hybridized carbons (Fsp3) is 0.364. The number of carbonyl (C=O) groups is 1. The number of amides is 1. The van der Waals surface area contributed by atoms with Crippen LogP contribution in [0, 0.1) is 6.92 Å². The third-order valence-electron chi connectivity index (χ3n) is 4.98. The second-order valence-corrected chi connectivity index (χ2v) is 7.37. The molecule has 8 heteroatoms. The molecular weight excluding hydrogens is 382 g/mol. The summed E-state index contributed by atoms with van der Waals surface area (Å²) in [6.07, 6.45) is 1.02. The molecule has 2 heterocycles. The number of aryl methyl sites for hydroxylation is 1. The summed E-state index contributed by atoms with van der Waals surface area (Å²) in [4.78, 5) is 13.7. The summed E-state index contributed by atoms with van der Waals surface area (Å²) in [5.41, 5.74) is 3.97. The lowest BCUT2D eigenvalue weighted by atomic mass is 10.1. The monoisotopic (exact) mass is 407 g/mol. The zero-order chi connectivity index (χ0) is 21.1. The maximum absolute atomic E-state index is 12.4. The van der Waals surface area contributed by atoms with E-state index in [1.54, 1.807) is 0 Å². The molecule has 0 fully saturated rings. The van der Waals surface area contributed by atoms with Crippen LogP contribution in [0.2, 0.25) is 0 Å². The third kappa shape index (κ3) is 4.27. The summed E-state index contributed by atoms with van der Waals surface area (Å²) in [6, 6.07) is 11.8. The van der Waals surface area contributed by atoms with E-state index in [-0.39, 0.29) is 18.6 Å². The molecule has 1 aromatic heterocycles. The molecule has 1 aliphatic rings. The molecule has 0 saturated heterocycles. The van der Waals surface area contributed by atoms with Gasteiger partial charge in [0.15, 0.2) is 0 Å². The molecule has 0 unspecified atom stereocenters. The number of benzene rings is 2. The highest BCUT2D eigenvalue weighted by molar-refractivity contribution is 5.75. The smallest absolute Gasteiger partial charge is 0.243 e. The van der Waals surface area contributed by atoms with Gasteiger partial charge in [0.1, 0.15) is 24.1 Å². The van der Waals surface area contributed by atoms with Gasteiger partial charge >= 0.3 is 0 Å². The Morgan fingerprint density at radius 2 is 2.17 bits per heavy atom. The fourth-order valence-corrected chi connectivity index (χ4v) is 3.53. The molecule has 1 atom stereocenters. The van der Waals surface area contributed by atoms with Crippen molar-refractivity contribution >= 4 is 5.91 Å². The fourth-order valence-electron chi connectivity index (χ4n) is 3.53. The van der Waals surface area contributed by atoms with Gasteiger partial charge in [0.25, 0.3) is 0 Å². The quantitative estimate of drug-likeness (QED) is 0.648. The van der Waals surface area contributed by atoms with Crippen LogP contribution in [0.3, 0.4) is 0 Å². The summed E-state index contributed by atoms with van der Waals surface area (Å²) in [7, 11) is 0. The van der Waals surface area contributed by atoms with Crippen LogP contribution in [0.1, 0.15) is 30.5 Å². The normalized spacial score (nSPS) is 14.8. The summed E-state index contributed by atoms with van der Waals surface area (Å²) < 4.78 is 11.6. The molecule has 8 nitrogen and oxygen atoms in total. The van der Waals surface area contributed by atoms with Gasteiger partial charge in [-0.15, -0.1) is 10.2 Å². The number of carbonyl (C=O) groups excluding carboxylic acids is 1. The number of aromatic nitrogens is 4. The topological polar surface area (TPSA) is 91.2 Å². The Balaban J connectivity index is 1.41. The standard InChI is InChI=1S/C22H25N5O3/c1-4-29-19-10-16-9-15(3)30-20(16)11-17(19)12-23-21(28)13-27-25-22(24-26-27)18-8-6-5-7-14(18)2/h5-8,10-11,15H,4,9,12-13H2,1-3H3,(H,23,28)/t15-/m1/s1. The van der Waals surface area contributed by atoms with Gasteiger partial charge in [-0.2, -0.15) is 4.80 Å². The Labute approximate surface area is 175 Å². The predicted octanol–water partition coefficient (Wildman–Crippen LogP) is 2.69. The van der Waals surface area contributed by atoms with Crippen LogP contribution in [0.25, 0.3) is 11.4 Å². The highest BCUT2D eigenvalue weighted by Gasteiger charge is 2.22. The van der Waals surface area contributed by atoms with Crippen molar-refractivity contribution in [2.24, 2.45) is 0 Å². The second-order valence-electron chi connectivity index (χ2n) is 7.37. The van der Waals surface area contributed by atoms with E-state index in [1.807, 2.05) is 57.2 Å². The zero-order valence-corrected chi connectivity index (χ0v) is 17.4. The molecule has 0 saturated carbocycles. The van der Waals surface area contributed by atoms with Crippen LogP contribution in [0.4, 0.5) is 0 Å². The van der Waals surface area contributed by atoms with E-state index in [9.17, 15) is 4.79 Å². The number of rotatable bonds is 7. The van der Waals surface area contributed by atoms with Crippen LogP contribution in [-0.4, -0.2) is 38.8 Å². The molecule has 2 aromatic carbocycles. The number of hydrogen-bond donors (Lipinski definition) is 1. The minimum absolute atomic E-state index is 0.0126. The molecule has 4 rings (SSSR count). The van der Waals surface area contributed by atoms with Crippen molar-refractivity contribution in [1.29, 1.82) is 0 Å². The average molecular weight is 407 g/mol. The second kappa shape index (κ2) is 8.52. The predicted molar refractivity (Wildman–Crippen MR) is 111 cm³/mol. The molecular formula is C22H25N5O3. The number of tetrazole rings is 1. The molecule has 0 radical (unpaired) electrons. The van der Waals surface area contributed by atoms with Gasteiger partial charge in [-0.25, -0.2) is 0 Å². The Kier molecular flexibility index (Phi) is 5.65. The van der Waals surface area contributed by atoms with E-state index in [0.717, 1.165) is 40.2 Å². The van der Waals surface area contributed by atoms with Gasteiger partial charge in [0.05, 0.1) is 6.61 Å². The number of nitrogens with zero attached hydrogens (tertiary/aromatic N) is 4. The third-order valence-corrected chi connectivity index (χ3v) is 4.98. The zero-order valence-electron chi connectivity index (χ0n) is 17.4. The van der Waals surface area contributed by atoms with Crippen LogP contribution in [-0.2, 0) is 24.3 Å². The van der Waals surface area contributed by atoms with E-state index >= 15 is 0 Å². The largest absolute Gasteiger partial charge is 0.494 e. The first-order chi connectivity index (χ1) is 14.5. The SMILES string of the molecule is CCOc1cc2c(cc1CNC(=O)Cn1nnc(-c3ccccc3C)n1)O[C@H](C)C2. The minimum atomic E-state index is -0.207. The van der Waals surface area contributed by atoms with E-state index in [4.69, 9.17) is 9.47 Å². The molecule has 1 N–H and O–H groups in total. The van der Waals surface area contributed by atoms with Crippen molar-refractivity contribution in [1.82, 2.24) is 25.5 Å². The lowest BCUT2D eigenvalue weighted by molar-refractivity contribution is -0.122. The first kappa shape index (κ1) is 19.9. The molecule has 1 aliphatic heterocycles. The summed E-state index contributed by atoms with van der Waals surface area (Å²) in [5.74, 6) is 1.93. The van der Waals surface area contributed by atoms with Crippen LogP contribution in [0.5, 0.6) is 11.5 Å². The highest BCUT2D eigenvalue weighted by atomic mass is 16.5. The number of ether oxygens (including phenoxy) is 2. The van der Waals surface area contributed by atoms with Gasteiger partial charge < -0.3 is 14.8 Å². The van der Waals surface area contributed by atoms with Gasteiger partial charge in [0.2, 0.25) is 11.7 Å². The number of nitrogens with one attached hydrogen (secondary N) is 1.